The maximum atomic E-state index is 13.9. The number of hydrazone groups is 1. The van der Waals surface area contributed by atoms with Crippen molar-refractivity contribution in [1.29, 1.82) is 0 Å². The number of benzene rings is 3. The molecule has 2 N–H and O–H groups in total. The highest BCUT2D eigenvalue weighted by molar-refractivity contribution is 6.09. The Morgan fingerprint density at radius 2 is 1.67 bits per heavy atom. The van der Waals surface area contributed by atoms with Gasteiger partial charge < -0.3 is 9.73 Å². The molecule has 4 rings (SSSR count). The fourth-order valence-corrected chi connectivity index (χ4v) is 3.50. The highest BCUT2D eigenvalue weighted by Crippen LogP contribution is 2.30. The number of halogens is 1. The zero-order valence-corrected chi connectivity index (χ0v) is 18.9. The van der Waals surface area contributed by atoms with Gasteiger partial charge in [0, 0.05) is 17.2 Å². The number of para-hydroxylation sites is 1. The summed E-state index contributed by atoms with van der Waals surface area (Å²) < 4.78 is 19.6. The largest absolute Gasteiger partial charge is 0.455 e. The van der Waals surface area contributed by atoms with Gasteiger partial charge in [0.05, 0.1) is 28.0 Å². The van der Waals surface area contributed by atoms with Gasteiger partial charge in [-0.05, 0) is 43.3 Å². The maximum absolute atomic E-state index is 13.9. The first kappa shape index (κ1) is 24.0. The first-order chi connectivity index (χ1) is 17.3. The van der Waals surface area contributed by atoms with Gasteiger partial charge in [-0.25, -0.2) is 9.82 Å². The molecule has 0 unspecified atom stereocenters. The summed E-state index contributed by atoms with van der Waals surface area (Å²) in [5.74, 6) is -1.28. The molecule has 0 spiro atoms. The van der Waals surface area contributed by atoms with Crippen LogP contribution in [0, 0.1) is 22.9 Å². The van der Waals surface area contributed by atoms with Crippen LogP contribution in [0.25, 0.3) is 11.3 Å². The number of anilines is 1. The average molecular weight is 486 g/mol. The second-order valence-electron chi connectivity index (χ2n) is 7.59. The van der Waals surface area contributed by atoms with Crippen molar-refractivity contribution in [2.24, 2.45) is 5.10 Å². The first-order valence-electron chi connectivity index (χ1n) is 10.7. The molecule has 0 aliphatic carbocycles. The third-order valence-corrected chi connectivity index (χ3v) is 5.29. The zero-order valence-electron chi connectivity index (χ0n) is 18.9. The minimum absolute atomic E-state index is 0.0212. The van der Waals surface area contributed by atoms with E-state index in [4.69, 9.17) is 4.42 Å². The third-order valence-electron chi connectivity index (χ3n) is 5.29. The number of rotatable bonds is 7. The van der Waals surface area contributed by atoms with Crippen molar-refractivity contribution < 1.29 is 23.3 Å². The van der Waals surface area contributed by atoms with Gasteiger partial charge in [0.15, 0.2) is 0 Å². The van der Waals surface area contributed by atoms with Gasteiger partial charge in [-0.15, -0.1) is 0 Å². The molecule has 0 atom stereocenters. The van der Waals surface area contributed by atoms with E-state index in [0.717, 1.165) is 0 Å². The van der Waals surface area contributed by atoms with Crippen LogP contribution in [0.15, 0.2) is 88.4 Å². The molecule has 9 nitrogen and oxygen atoms in total. The lowest BCUT2D eigenvalue weighted by Gasteiger charge is -2.10. The standard InChI is InChI=1S/C26H19FN4O5/c1-16-18(9-6-12-23(16)31(34)35)24-14-13-17(36-24)15-28-30-26(33)20-8-3-5-11-22(20)29-25(32)19-7-2-4-10-21(19)27/h2-15H,1H3,(H,29,32)(H,30,33). The summed E-state index contributed by atoms with van der Waals surface area (Å²) in [7, 11) is 0. The Hall–Kier alpha value is -5.12. The minimum atomic E-state index is -0.698. The van der Waals surface area contributed by atoms with E-state index in [0.29, 0.717) is 22.6 Å². The normalized spacial score (nSPS) is 10.8. The van der Waals surface area contributed by atoms with Crippen molar-refractivity contribution in [3.05, 3.63) is 117 Å². The number of nitrogens with one attached hydrogen (secondary N) is 2. The first-order valence-corrected chi connectivity index (χ1v) is 10.7. The van der Waals surface area contributed by atoms with Crippen LogP contribution in [-0.2, 0) is 0 Å². The Bertz CT molecular complexity index is 1500. The Balaban J connectivity index is 1.46. The minimum Gasteiger partial charge on any atom is -0.455 e. The van der Waals surface area contributed by atoms with Gasteiger partial charge in [-0.2, -0.15) is 5.10 Å². The number of nitro groups is 1. The molecular weight excluding hydrogens is 467 g/mol. The van der Waals surface area contributed by atoms with Crippen LogP contribution in [-0.4, -0.2) is 23.0 Å². The number of hydrogen-bond acceptors (Lipinski definition) is 6. The number of amides is 2. The predicted molar refractivity (Wildman–Crippen MR) is 131 cm³/mol. The van der Waals surface area contributed by atoms with Crippen molar-refractivity contribution in [2.75, 3.05) is 5.32 Å². The van der Waals surface area contributed by atoms with Crippen LogP contribution in [0.1, 0.15) is 32.0 Å². The molecule has 0 aliphatic heterocycles. The molecule has 2 amide bonds. The van der Waals surface area contributed by atoms with E-state index in [-0.39, 0.29) is 22.5 Å². The number of nitro benzene ring substituents is 1. The quantitative estimate of drug-likeness (QED) is 0.208. The second-order valence-corrected chi connectivity index (χ2v) is 7.59. The van der Waals surface area contributed by atoms with Crippen molar-refractivity contribution in [1.82, 2.24) is 5.43 Å². The van der Waals surface area contributed by atoms with Crippen molar-refractivity contribution in [3.8, 4) is 11.3 Å². The van der Waals surface area contributed by atoms with Crippen molar-refractivity contribution in [2.45, 2.75) is 6.92 Å². The molecule has 1 heterocycles. The maximum Gasteiger partial charge on any atom is 0.273 e. The lowest BCUT2D eigenvalue weighted by atomic mass is 10.1. The van der Waals surface area contributed by atoms with E-state index < -0.39 is 22.6 Å². The van der Waals surface area contributed by atoms with E-state index in [9.17, 15) is 24.1 Å². The fourth-order valence-electron chi connectivity index (χ4n) is 3.50. The zero-order chi connectivity index (χ0) is 25.7. The summed E-state index contributed by atoms with van der Waals surface area (Å²) >= 11 is 0. The Morgan fingerprint density at radius 1 is 0.944 bits per heavy atom. The van der Waals surface area contributed by atoms with Gasteiger partial charge in [0.25, 0.3) is 17.5 Å². The molecule has 0 aliphatic rings. The summed E-state index contributed by atoms with van der Waals surface area (Å²) in [5.41, 5.74) is 3.50. The highest BCUT2D eigenvalue weighted by Gasteiger charge is 2.17. The molecule has 0 bridgehead atoms. The number of carbonyl (C=O) groups excluding carboxylic acids is 2. The van der Waals surface area contributed by atoms with E-state index in [1.54, 1.807) is 43.3 Å². The topological polar surface area (TPSA) is 127 Å². The summed E-state index contributed by atoms with van der Waals surface area (Å²) in [6.07, 6.45) is 1.27. The molecule has 180 valence electrons. The van der Waals surface area contributed by atoms with E-state index in [2.05, 4.69) is 15.8 Å². The molecular formula is C26H19FN4O5. The van der Waals surface area contributed by atoms with Gasteiger partial charge in [-0.1, -0.05) is 36.4 Å². The molecule has 0 saturated carbocycles. The summed E-state index contributed by atoms with van der Waals surface area (Å²) in [6.45, 7) is 1.63. The summed E-state index contributed by atoms with van der Waals surface area (Å²) in [4.78, 5) is 35.8. The SMILES string of the molecule is Cc1c(-c2ccc(C=NNC(=O)c3ccccc3NC(=O)c3ccccc3F)o2)cccc1[N+](=O)[O-]. The highest BCUT2D eigenvalue weighted by atomic mass is 19.1. The van der Waals surface area contributed by atoms with E-state index >= 15 is 0 Å². The monoisotopic (exact) mass is 486 g/mol. The van der Waals surface area contributed by atoms with Crippen LogP contribution in [0.4, 0.5) is 15.8 Å². The molecule has 10 heteroatoms. The Kier molecular flexibility index (Phi) is 6.96. The van der Waals surface area contributed by atoms with Gasteiger partial charge in [-0.3, -0.25) is 19.7 Å². The Morgan fingerprint density at radius 3 is 2.42 bits per heavy atom. The molecule has 36 heavy (non-hydrogen) atoms. The summed E-state index contributed by atoms with van der Waals surface area (Å²) in [6, 6.07) is 19.7. The smallest absolute Gasteiger partial charge is 0.273 e. The van der Waals surface area contributed by atoms with E-state index in [1.165, 1.54) is 48.7 Å². The Labute approximate surface area is 204 Å². The van der Waals surface area contributed by atoms with Gasteiger partial charge >= 0.3 is 0 Å². The number of furan rings is 1. The van der Waals surface area contributed by atoms with E-state index in [1.807, 2.05) is 0 Å². The lowest BCUT2D eigenvalue weighted by Crippen LogP contribution is -2.21. The van der Waals surface area contributed by atoms with Crippen molar-refractivity contribution >= 4 is 29.4 Å². The van der Waals surface area contributed by atoms with Crippen LogP contribution in [0.3, 0.4) is 0 Å². The molecule has 0 radical (unpaired) electrons. The van der Waals surface area contributed by atoms with Crippen LogP contribution in [0.5, 0.6) is 0 Å². The van der Waals surface area contributed by atoms with Gasteiger partial charge in [0.2, 0.25) is 0 Å². The predicted octanol–water partition coefficient (Wildman–Crippen LogP) is 5.32. The van der Waals surface area contributed by atoms with Crippen LogP contribution >= 0.6 is 0 Å². The lowest BCUT2D eigenvalue weighted by molar-refractivity contribution is -0.385. The third kappa shape index (κ3) is 5.17. The summed E-state index contributed by atoms with van der Waals surface area (Å²) in [5, 5.41) is 17.6. The number of hydrogen-bond donors (Lipinski definition) is 2. The molecule has 0 fully saturated rings. The fraction of sp³-hybridized carbons (Fsp3) is 0.0385. The molecule has 3 aromatic carbocycles. The molecule has 0 saturated heterocycles. The van der Waals surface area contributed by atoms with Gasteiger partial charge in [0.1, 0.15) is 17.3 Å². The van der Waals surface area contributed by atoms with Crippen molar-refractivity contribution in [3.63, 3.8) is 0 Å². The average Bonchev–Trinajstić information content (AvgIpc) is 3.33. The molecule has 1 aromatic heterocycles. The number of carbonyl (C=O) groups is 2. The number of nitrogens with zero attached hydrogens (tertiary/aromatic N) is 2. The van der Waals surface area contributed by atoms with Crippen LogP contribution in [0.2, 0.25) is 0 Å². The molecule has 4 aromatic rings. The second kappa shape index (κ2) is 10.4. The van der Waals surface area contributed by atoms with Crippen LogP contribution < -0.4 is 10.7 Å².